The molecule has 1 unspecified atom stereocenters. The highest BCUT2D eigenvalue weighted by Gasteiger charge is 2.17. The summed E-state index contributed by atoms with van der Waals surface area (Å²) in [5, 5.41) is 3.03. The molecule has 1 aliphatic rings. The van der Waals surface area contributed by atoms with Gasteiger partial charge in [-0.3, -0.25) is 4.79 Å². The van der Waals surface area contributed by atoms with Crippen LogP contribution >= 0.6 is 15.9 Å². The molecule has 2 heterocycles. The summed E-state index contributed by atoms with van der Waals surface area (Å²) in [6.07, 6.45) is 5.54. The van der Waals surface area contributed by atoms with Crippen LogP contribution in [-0.4, -0.2) is 41.5 Å². The van der Waals surface area contributed by atoms with Crippen molar-refractivity contribution in [3.63, 3.8) is 0 Å². The Labute approximate surface area is 122 Å². The number of likely N-dealkylation sites (tertiary alicyclic amines) is 1. The van der Waals surface area contributed by atoms with Gasteiger partial charge >= 0.3 is 0 Å². The van der Waals surface area contributed by atoms with Gasteiger partial charge in [0.25, 0.3) is 5.91 Å². The second-order valence-electron chi connectivity index (χ2n) is 5.08. The standard InChI is InChI=1S/C14H20BrN3O/c1-11(10-18-8-3-2-4-9-18)17-14(19)12-6-5-7-16-13(12)15/h5-7,11H,2-4,8-10H2,1H3,(H,17,19). The van der Waals surface area contributed by atoms with Crippen LogP contribution in [0.3, 0.4) is 0 Å². The molecule has 1 aromatic rings. The van der Waals surface area contributed by atoms with Gasteiger partial charge in [0.05, 0.1) is 5.56 Å². The molecule has 4 nitrogen and oxygen atoms in total. The van der Waals surface area contributed by atoms with Crippen LogP contribution in [0.15, 0.2) is 22.9 Å². The number of carbonyl (C=O) groups is 1. The van der Waals surface area contributed by atoms with Crippen molar-refractivity contribution in [2.75, 3.05) is 19.6 Å². The molecule has 1 N–H and O–H groups in total. The smallest absolute Gasteiger partial charge is 0.254 e. The summed E-state index contributed by atoms with van der Waals surface area (Å²) in [5.74, 6) is -0.0653. The van der Waals surface area contributed by atoms with Gasteiger partial charge in [0, 0.05) is 18.8 Å². The predicted octanol–water partition coefficient (Wildman–Crippen LogP) is 2.45. The van der Waals surface area contributed by atoms with E-state index in [1.807, 2.05) is 0 Å². The minimum atomic E-state index is -0.0653. The molecule has 0 aliphatic carbocycles. The van der Waals surface area contributed by atoms with Crippen molar-refractivity contribution in [3.8, 4) is 0 Å². The minimum absolute atomic E-state index is 0.0653. The number of nitrogens with one attached hydrogen (secondary N) is 1. The van der Waals surface area contributed by atoms with Gasteiger partial charge in [0.1, 0.15) is 4.60 Å². The summed E-state index contributed by atoms with van der Waals surface area (Å²) in [7, 11) is 0. The lowest BCUT2D eigenvalue weighted by atomic mass is 10.1. The first-order chi connectivity index (χ1) is 9.16. The van der Waals surface area contributed by atoms with Crippen LogP contribution in [0.1, 0.15) is 36.5 Å². The number of amides is 1. The van der Waals surface area contributed by atoms with Crippen LogP contribution < -0.4 is 5.32 Å². The van der Waals surface area contributed by atoms with Gasteiger partial charge in [-0.25, -0.2) is 4.98 Å². The molecule has 1 aliphatic heterocycles. The van der Waals surface area contributed by atoms with E-state index in [1.54, 1.807) is 18.3 Å². The van der Waals surface area contributed by atoms with Crippen molar-refractivity contribution in [1.29, 1.82) is 0 Å². The maximum atomic E-state index is 12.1. The van der Waals surface area contributed by atoms with Gasteiger partial charge < -0.3 is 10.2 Å². The molecule has 1 amide bonds. The Hall–Kier alpha value is -0.940. The maximum Gasteiger partial charge on any atom is 0.254 e. The average Bonchev–Trinajstić information content (AvgIpc) is 2.40. The molecule has 19 heavy (non-hydrogen) atoms. The summed E-state index contributed by atoms with van der Waals surface area (Å²) in [6.45, 7) is 5.27. The van der Waals surface area contributed by atoms with E-state index in [1.165, 1.54) is 19.3 Å². The Morgan fingerprint density at radius 2 is 2.21 bits per heavy atom. The number of carbonyl (C=O) groups excluding carboxylic acids is 1. The van der Waals surface area contributed by atoms with Gasteiger partial charge in [-0.2, -0.15) is 0 Å². The second kappa shape index (κ2) is 7.01. The Morgan fingerprint density at radius 3 is 2.89 bits per heavy atom. The van der Waals surface area contributed by atoms with Crippen LogP contribution in [-0.2, 0) is 0 Å². The van der Waals surface area contributed by atoms with E-state index in [9.17, 15) is 4.79 Å². The molecular weight excluding hydrogens is 306 g/mol. The summed E-state index contributed by atoms with van der Waals surface area (Å²) >= 11 is 3.30. The number of halogens is 1. The summed E-state index contributed by atoms with van der Waals surface area (Å²) in [5.41, 5.74) is 0.591. The molecule has 1 atom stereocenters. The fraction of sp³-hybridized carbons (Fsp3) is 0.571. The third kappa shape index (κ3) is 4.28. The molecule has 1 fully saturated rings. The lowest BCUT2D eigenvalue weighted by Crippen LogP contribution is -2.43. The molecule has 2 rings (SSSR count). The largest absolute Gasteiger partial charge is 0.348 e. The summed E-state index contributed by atoms with van der Waals surface area (Å²) in [4.78, 5) is 18.6. The fourth-order valence-electron chi connectivity index (χ4n) is 2.43. The van der Waals surface area contributed by atoms with Crippen molar-refractivity contribution in [2.24, 2.45) is 0 Å². The number of nitrogens with zero attached hydrogens (tertiary/aromatic N) is 2. The first-order valence-corrected chi connectivity index (χ1v) is 7.60. The lowest BCUT2D eigenvalue weighted by Gasteiger charge is -2.29. The first kappa shape index (κ1) is 14.5. The Bertz CT molecular complexity index is 432. The van der Waals surface area contributed by atoms with E-state index in [-0.39, 0.29) is 11.9 Å². The van der Waals surface area contributed by atoms with Crippen molar-refractivity contribution in [3.05, 3.63) is 28.5 Å². The molecule has 0 bridgehead atoms. The van der Waals surface area contributed by atoms with E-state index in [0.717, 1.165) is 19.6 Å². The molecule has 0 radical (unpaired) electrons. The lowest BCUT2D eigenvalue weighted by molar-refractivity contribution is 0.0924. The molecular formula is C14H20BrN3O. The normalized spacial score (nSPS) is 18.0. The number of aromatic nitrogens is 1. The zero-order valence-electron chi connectivity index (χ0n) is 11.2. The number of piperidine rings is 1. The van der Waals surface area contributed by atoms with Crippen LogP contribution in [0.25, 0.3) is 0 Å². The van der Waals surface area contributed by atoms with Gasteiger partial charge in [0.2, 0.25) is 0 Å². The third-order valence-corrected chi connectivity index (χ3v) is 3.99. The Morgan fingerprint density at radius 1 is 1.47 bits per heavy atom. The van der Waals surface area contributed by atoms with Crippen molar-refractivity contribution in [1.82, 2.24) is 15.2 Å². The van der Waals surface area contributed by atoms with E-state index in [0.29, 0.717) is 10.2 Å². The van der Waals surface area contributed by atoms with E-state index >= 15 is 0 Å². The number of hydrogen-bond acceptors (Lipinski definition) is 3. The zero-order valence-corrected chi connectivity index (χ0v) is 12.8. The van der Waals surface area contributed by atoms with E-state index < -0.39 is 0 Å². The van der Waals surface area contributed by atoms with Gasteiger partial charge in [-0.05, 0) is 60.9 Å². The zero-order chi connectivity index (χ0) is 13.7. The summed E-state index contributed by atoms with van der Waals surface area (Å²) < 4.78 is 0.595. The molecule has 1 saturated heterocycles. The molecule has 0 spiro atoms. The molecule has 1 aromatic heterocycles. The number of hydrogen-bond donors (Lipinski definition) is 1. The number of pyridine rings is 1. The van der Waals surface area contributed by atoms with Crippen LogP contribution in [0, 0.1) is 0 Å². The third-order valence-electron chi connectivity index (χ3n) is 3.36. The van der Waals surface area contributed by atoms with Crippen molar-refractivity contribution < 1.29 is 4.79 Å². The average molecular weight is 326 g/mol. The highest BCUT2D eigenvalue weighted by atomic mass is 79.9. The monoisotopic (exact) mass is 325 g/mol. The predicted molar refractivity (Wildman–Crippen MR) is 79.2 cm³/mol. The quantitative estimate of drug-likeness (QED) is 0.865. The SMILES string of the molecule is CC(CN1CCCCC1)NC(=O)c1cccnc1Br. The van der Waals surface area contributed by atoms with E-state index in [2.05, 4.69) is 38.1 Å². The van der Waals surface area contributed by atoms with Crippen LogP contribution in [0.5, 0.6) is 0 Å². The highest BCUT2D eigenvalue weighted by molar-refractivity contribution is 9.10. The van der Waals surface area contributed by atoms with Crippen LogP contribution in [0.4, 0.5) is 0 Å². The Balaban J connectivity index is 1.86. The first-order valence-electron chi connectivity index (χ1n) is 6.80. The van der Waals surface area contributed by atoms with Crippen LogP contribution in [0.2, 0.25) is 0 Å². The van der Waals surface area contributed by atoms with E-state index in [4.69, 9.17) is 0 Å². The highest BCUT2D eigenvalue weighted by Crippen LogP contribution is 2.13. The second-order valence-corrected chi connectivity index (χ2v) is 5.83. The van der Waals surface area contributed by atoms with Gasteiger partial charge in [0.15, 0.2) is 0 Å². The van der Waals surface area contributed by atoms with Crippen molar-refractivity contribution >= 4 is 21.8 Å². The van der Waals surface area contributed by atoms with Gasteiger partial charge in [-0.15, -0.1) is 0 Å². The molecule has 104 valence electrons. The maximum absolute atomic E-state index is 12.1. The molecule has 0 aromatic carbocycles. The van der Waals surface area contributed by atoms with Gasteiger partial charge in [-0.1, -0.05) is 6.42 Å². The molecule has 0 saturated carbocycles. The summed E-state index contributed by atoms with van der Waals surface area (Å²) in [6, 6.07) is 3.70. The fourth-order valence-corrected chi connectivity index (χ4v) is 2.86. The topological polar surface area (TPSA) is 45.2 Å². The number of rotatable bonds is 4. The molecule has 5 heteroatoms. The minimum Gasteiger partial charge on any atom is -0.348 e. The Kier molecular flexibility index (Phi) is 5.34. The van der Waals surface area contributed by atoms with Crippen molar-refractivity contribution in [2.45, 2.75) is 32.2 Å².